The molecule has 0 fully saturated rings. The van der Waals surface area contributed by atoms with Crippen molar-refractivity contribution in [3.63, 3.8) is 0 Å². The molecular formula is C10H15BrN2O2. The first-order valence-corrected chi connectivity index (χ1v) is 5.66. The Hall–Kier alpha value is -0.680. The van der Waals surface area contributed by atoms with Crippen LogP contribution in [-0.2, 0) is 4.74 Å². The Balaban J connectivity index is 2.12. The molecule has 0 atom stereocenters. The maximum absolute atomic E-state index is 5.35. The van der Waals surface area contributed by atoms with Gasteiger partial charge in [0.15, 0.2) is 0 Å². The highest BCUT2D eigenvalue weighted by Gasteiger charge is 1.97. The van der Waals surface area contributed by atoms with Gasteiger partial charge >= 0.3 is 6.01 Å². The third-order valence-electron chi connectivity index (χ3n) is 1.51. The van der Waals surface area contributed by atoms with Crippen molar-refractivity contribution in [3.05, 3.63) is 16.9 Å². The Morgan fingerprint density at radius 2 is 1.93 bits per heavy atom. The molecule has 0 unspecified atom stereocenters. The molecule has 1 heterocycles. The lowest BCUT2D eigenvalue weighted by Crippen LogP contribution is -2.11. The van der Waals surface area contributed by atoms with Gasteiger partial charge in [-0.2, -0.15) is 0 Å². The van der Waals surface area contributed by atoms with Crippen LogP contribution in [0.1, 0.15) is 13.8 Å². The van der Waals surface area contributed by atoms with Gasteiger partial charge in [-0.05, 0) is 21.8 Å². The molecule has 15 heavy (non-hydrogen) atoms. The second-order valence-electron chi connectivity index (χ2n) is 3.50. The van der Waals surface area contributed by atoms with E-state index in [2.05, 4.69) is 39.7 Å². The fourth-order valence-corrected chi connectivity index (χ4v) is 1.09. The number of ether oxygens (including phenoxy) is 2. The Bertz CT molecular complexity index is 277. The molecule has 1 aromatic rings. The van der Waals surface area contributed by atoms with Crippen LogP contribution in [0.4, 0.5) is 0 Å². The molecule has 4 nitrogen and oxygen atoms in total. The summed E-state index contributed by atoms with van der Waals surface area (Å²) in [7, 11) is 0. The Morgan fingerprint density at radius 3 is 2.53 bits per heavy atom. The second kappa shape index (κ2) is 6.74. The normalized spacial score (nSPS) is 10.7. The third kappa shape index (κ3) is 5.69. The first kappa shape index (κ1) is 12.4. The minimum absolute atomic E-state index is 0.381. The summed E-state index contributed by atoms with van der Waals surface area (Å²) in [4.78, 5) is 7.95. The lowest BCUT2D eigenvalue weighted by molar-refractivity contribution is 0.0791. The second-order valence-corrected chi connectivity index (χ2v) is 4.42. The quantitative estimate of drug-likeness (QED) is 0.747. The van der Waals surface area contributed by atoms with E-state index in [4.69, 9.17) is 9.47 Å². The van der Waals surface area contributed by atoms with Crippen LogP contribution in [0.5, 0.6) is 6.01 Å². The van der Waals surface area contributed by atoms with Crippen LogP contribution in [-0.4, -0.2) is 29.8 Å². The van der Waals surface area contributed by atoms with Gasteiger partial charge in [-0.25, -0.2) is 9.97 Å². The van der Waals surface area contributed by atoms with Crippen molar-refractivity contribution >= 4 is 15.9 Å². The maximum atomic E-state index is 5.35. The van der Waals surface area contributed by atoms with E-state index in [0.717, 1.165) is 11.1 Å². The van der Waals surface area contributed by atoms with Crippen LogP contribution in [0.25, 0.3) is 0 Å². The zero-order chi connectivity index (χ0) is 11.1. The highest BCUT2D eigenvalue weighted by atomic mass is 79.9. The number of hydrogen-bond donors (Lipinski definition) is 0. The fourth-order valence-electron chi connectivity index (χ4n) is 0.886. The topological polar surface area (TPSA) is 44.2 Å². The average Bonchev–Trinajstić information content (AvgIpc) is 2.20. The highest BCUT2D eigenvalue weighted by Crippen LogP contribution is 2.07. The maximum Gasteiger partial charge on any atom is 0.316 e. The minimum atomic E-state index is 0.381. The molecule has 84 valence electrons. The van der Waals surface area contributed by atoms with E-state index in [0.29, 0.717) is 25.1 Å². The molecule has 0 bridgehead atoms. The van der Waals surface area contributed by atoms with Crippen LogP contribution in [0.3, 0.4) is 0 Å². The van der Waals surface area contributed by atoms with E-state index in [9.17, 15) is 0 Å². The molecule has 1 aromatic heterocycles. The molecule has 0 aliphatic rings. The summed E-state index contributed by atoms with van der Waals surface area (Å²) < 4.78 is 11.5. The van der Waals surface area contributed by atoms with Crippen LogP contribution in [0, 0.1) is 5.92 Å². The Kier molecular flexibility index (Phi) is 5.57. The van der Waals surface area contributed by atoms with Crippen molar-refractivity contribution in [1.29, 1.82) is 0 Å². The van der Waals surface area contributed by atoms with Crippen molar-refractivity contribution in [3.8, 4) is 6.01 Å². The number of rotatable bonds is 6. The molecule has 0 aromatic carbocycles. The largest absolute Gasteiger partial charge is 0.461 e. The van der Waals surface area contributed by atoms with E-state index in [1.165, 1.54) is 0 Å². The van der Waals surface area contributed by atoms with Gasteiger partial charge in [0, 0.05) is 19.0 Å². The zero-order valence-electron chi connectivity index (χ0n) is 8.94. The van der Waals surface area contributed by atoms with Crippen molar-refractivity contribution in [1.82, 2.24) is 9.97 Å². The van der Waals surface area contributed by atoms with Crippen LogP contribution < -0.4 is 4.74 Å². The van der Waals surface area contributed by atoms with Crippen molar-refractivity contribution in [2.75, 3.05) is 19.8 Å². The predicted octanol–water partition coefficient (Wildman–Crippen LogP) is 2.29. The lowest BCUT2D eigenvalue weighted by atomic mass is 10.2. The Labute approximate surface area is 98.2 Å². The van der Waals surface area contributed by atoms with Gasteiger partial charge in [-0.3, -0.25) is 0 Å². The van der Waals surface area contributed by atoms with Gasteiger partial charge in [0.1, 0.15) is 6.61 Å². The molecule has 5 heteroatoms. The van der Waals surface area contributed by atoms with Gasteiger partial charge in [-0.1, -0.05) is 13.8 Å². The van der Waals surface area contributed by atoms with Crippen molar-refractivity contribution in [2.45, 2.75) is 13.8 Å². The number of nitrogens with zero attached hydrogens (tertiary/aromatic N) is 2. The summed E-state index contributed by atoms with van der Waals surface area (Å²) in [6, 6.07) is 0.381. The average molecular weight is 275 g/mol. The van der Waals surface area contributed by atoms with Gasteiger partial charge in [0.05, 0.1) is 11.1 Å². The molecule has 1 rings (SSSR count). The number of hydrogen-bond acceptors (Lipinski definition) is 4. The van der Waals surface area contributed by atoms with Crippen LogP contribution in [0.2, 0.25) is 0 Å². The summed E-state index contributed by atoms with van der Waals surface area (Å²) in [6.07, 6.45) is 3.30. The standard InChI is InChI=1S/C10H15BrN2O2/c1-8(2)7-14-3-4-15-10-12-5-9(11)6-13-10/h5-6,8H,3-4,7H2,1-2H3. The lowest BCUT2D eigenvalue weighted by Gasteiger charge is -2.07. The van der Waals surface area contributed by atoms with E-state index in [1.807, 2.05) is 0 Å². The Morgan fingerprint density at radius 1 is 1.27 bits per heavy atom. The van der Waals surface area contributed by atoms with Gasteiger partial charge in [0.2, 0.25) is 0 Å². The third-order valence-corrected chi connectivity index (χ3v) is 1.92. The zero-order valence-corrected chi connectivity index (χ0v) is 10.5. The van der Waals surface area contributed by atoms with E-state index in [-0.39, 0.29) is 0 Å². The molecule has 0 amide bonds. The number of halogens is 1. The molecule has 0 saturated heterocycles. The van der Waals surface area contributed by atoms with Crippen molar-refractivity contribution < 1.29 is 9.47 Å². The van der Waals surface area contributed by atoms with Crippen LogP contribution >= 0.6 is 15.9 Å². The first-order valence-electron chi connectivity index (χ1n) is 4.86. The minimum Gasteiger partial charge on any atom is -0.461 e. The van der Waals surface area contributed by atoms with E-state index >= 15 is 0 Å². The summed E-state index contributed by atoms with van der Waals surface area (Å²) in [5, 5.41) is 0. The molecule has 0 radical (unpaired) electrons. The summed E-state index contributed by atoms with van der Waals surface area (Å²) in [5.74, 6) is 0.550. The highest BCUT2D eigenvalue weighted by molar-refractivity contribution is 9.10. The van der Waals surface area contributed by atoms with Crippen molar-refractivity contribution in [2.24, 2.45) is 5.92 Å². The van der Waals surface area contributed by atoms with Gasteiger partial charge in [0.25, 0.3) is 0 Å². The molecule has 0 spiro atoms. The molecule has 0 aliphatic carbocycles. The first-order chi connectivity index (χ1) is 7.18. The fraction of sp³-hybridized carbons (Fsp3) is 0.600. The SMILES string of the molecule is CC(C)COCCOc1ncc(Br)cn1. The summed E-state index contributed by atoms with van der Waals surface area (Å²) >= 11 is 3.25. The molecular weight excluding hydrogens is 260 g/mol. The van der Waals surface area contributed by atoms with E-state index < -0.39 is 0 Å². The van der Waals surface area contributed by atoms with E-state index in [1.54, 1.807) is 12.4 Å². The smallest absolute Gasteiger partial charge is 0.316 e. The van der Waals surface area contributed by atoms with Gasteiger partial charge in [-0.15, -0.1) is 0 Å². The number of aromatic nitrogens is 2. The summed E-state index contributed by atoms with van der Waals surface area (Å²) in [6.45, 7) is 6.02. The van der Waals surface area contributed by atoms with Crippen LogP contribution in [0.15, 0.2) is 16.9 Å². The molecule has 0 saturated carbocycles. The predicted molar refractivity (Wildman–Crippen MR) is 60.9 cm³/mol. The monoisotopic (exact) mass is 274 g/mol. The van der Waals surface area contributed by atoms with Gasteiger partial charge < -0.3 is 9.47 Å². The molecule has 0 aliphatic heterocycles. The molecule has 0 N–H and O–H groups in total. The summed E-state index contributed by atoms with van der Waals surface area (Å²) in [5.41, 5.74) is 0.